The predicted molar refractivity (Wildman–Crippen MR) is 127 cm³/mol. The molecule has 3 aromatic rings. The summed E-state index contributed by atoms with van der Waals surface area (Å²) in [4.78, 5) is 32.9. The monoisotopic (exact) mass is 485 g/mol. The van der Waals surface area contributed by atoms with Crippen LogP contribution in [0.4, 0.5) is 5.13 Å². The lowest BCUT2D eigenvalue weighted by Crippen LogP contribution is -2.35. The number of hydrogen-bond donors (Lipinski definition) is 1. The number of rotatable bonds is 9. The summed E-state index contributed by atoms with van der Waals surface area (Å²) < 4.78 is 22.2. The molecule has 0 saturated carbocycles. The Morgan fingerprint density at radius 2 is 1.79 bits per heavy atom. The standard InChI is InChI=1S/C24H27N3O6S/c1-4-31-18-11-16(12-19(32-5-2)21(18)33-6-3)23(29)27-9-7-17-20(13-27)34-24(25-17)26-22(28)15-8-10-30-14-15/h8,10-12,14H,4-7,9,13H2,1-3H3,(H,25,26,28). The molecule has 34 heavy (non-hydrogen) atoms. The summed E-state index contributed by atoms with van der Waals surface area (Å²) in [6.07, 6.45) is 3.43. The second kappa shape index (κ2) is 10.6. The van der Waals surface area contributed by atoms with Crippen molar-refractivity contribution in [2.45, 2.75) is 33.7 Å². The largest absolute Gasteiger partial charge is 0.490 e. The molecule has 0 aliphatic carbocycles. The third-order valence-corrected chi connectivity index (χ3v) is 6.18. The number of aromatic nitrogens is 1. The van der Waals surface area contributed by atoms with Crippen LogP contribution in [0, 0.1) is 0 Å². The molecule has 2 aromatic heterocycles. The maximum atomic E-state index is 13.4. The number of benzene rings is 1. The summed E-state index contributed by atoms with van der Waals surface area (Å²) >= 11 is 1.37. The van der Waals surface area contributed by atoms with Crippen LogP contribution >= 0.6 is 11.3 Å². The number of fused-ring (bicyclic) bond motifs is 1. The highest BCUT2D eigenvalue weighted by atomic mass is 32.1. The van der Waals surface area contributed by atoms with Crippen molar-refractivity contribution in [3.63, 3.8) is 0 Å². The highest BCUT2D eigenvalue weighted by Gasteiger charge is 2.27. The van der Waals surface area contributed by atoms with Crippen molar-refractivity contribution in [2.75, 3.05) is 31.7 Å². The average molecular weight is 486 g/mol. The van der Waals surface area contributed by atoms with E-state index >= 15 is 0 Å². The summed E-state index contributed by atoms with van der Waals surface area (Å²) in [5, 5.41) is 3.30. The summed E-state index contributed by atoms with van der Waals surface area (Å²) in [7, 11) is 0. The lowest BCUT2D eigenvalue weighted by molar-refractivity contribution is 0.0735. The Kier molecular flexibility index (Phi) is 7.36. The number of carbonyl (C=O) groups is 2. The molecule has 9 nitrogen and oxygen atoms in total. The van der Waals surface area contributed by atoms with E-state index in [1.165, 1.54) is 23.9 Å². The van der Waals surface area contributed by atoms with Gasteiger partial charge < -0.3 is 23.5 Å². The second-order valence-electron chi connectivity index (χ2n) is 7.43. The Morgan fingerprint density at radius 3 is 2.41 bits per heavy atom. The van der Waals surface area contributed by atoms with Gasteiger partial charge in [-0.25, -0.2) is 4.98 Å². The van der Waals surface area contributed by atoms with Crippen LogP contribution in [0.5, 0.6) is 17.2 Å². The zero-order chi connectivity index (χ0) is 24.1. The van der Waals surface area contributed by atoms with Gasteiger partial charge in [-0.1, -0.05) is 11.3 Å². The number of thiazole rings is 1. The number of amides is 2. The molecule has 4 rings (SSSR count). The number of furan rings is 1. The van der Waals surface area contributed by atoms with Gasteiger partial charge in [-0.3, -0.25) is 14.9 Å². The maximum Gasteiger partial charge on any atom is 0.260 e. The zero-order valence-electron chi connectivity index (χ0n) is 19.4. The van der Waals surface area contributed by atoms with Gasteiger partial charge in [0.1, 0.15) is 6.26 Å². The van der Waals surface area contributed by atoms with E-state index in [-0.39, 0.29) is 11.8 Å². The molecule has 1 aromatic carbocycles. The number of ether oxygens (including phenoxy) is 3. The first-order valence-electron chi connectivity index (χ1n) is 11.2. The van der Waals surface area contributed by atoms with E-state index in [0.29, 0.717) is 72.8 Å². The van der Waals surface area contributed by atoms with E-state index in [4.69, 9.17) is 18.6 Å². The second-order valence-corrected chi connectivity index (χ2v) is 8.52. The number of anilines is 1. The average Bonchev–Trinajstić information content (AvgIpc) is 3.50. The first-order valence-corrected chi connectivity index (χ1v) is 12.0. The fourth-order valence-electron chi connectivity index (χ4n) is 3.68. The predicted octanol–water partition coefficient (Wildman–Crippen LogP) is 4.38. The minimum Gasteiger partial charge on any atom is -0.490 e. The molecule has 0 saturated heterocycles. The molecule has 0 unspecified atom stereocenters. The maximum absolute atomic E-state index is 13.4. The van der Waals surface area contributed by atoms with Crippen LogP contribution in [0.2, 0.25) is 0 Å². The first kappa shape index (κ1) is 23.6. The lowest BCUT2D eigenvalue weighted by atomic mass is 10.1. The van der Waals surface area contributed by atoms with Crippen molar-refractivity contribution in [3.8, 4) is 17.2 Å². The molecule has 1 aliphatic heterocycles. The highest BCUT2D eigenvalue weighted by molar-refractivity contribution is 7.15. The quantitative estimate of drug-likeness (QED) is 0.480. The van der Waals surface area contributed by atoms with Crippen LogP contribution in [0.15, 0.2) is 35.1 Å². The van der Waals surface area contributed by atoms with Gasteiger partial charge in [-0.05, 0) is 39.0 Å². The van der Waals surface area contributed by atoms with E-state index in [2.05, 4.69) is 10.3 Å². The molecule has 1 N–H and O–H groups in total. The fourth-order valence-corrected chi connectivity index (χ4v) is 4.70. The van der Waals surface area contributed by atoms with Crippen LogP contribution in [-0.4, -0.2) is 48.1 Å². The Morgan fingerprint density at radius 1 is 1.09 bits per heavy atom. The van der Waals surface area contributed by atoms with Gasteiger partial charge >= 0.3 is 0 Å². The van der Waals surface area contributed by atoms with Crippen molar-refractivity contribution < 1.29 is 28.2 Å². The Hall–Kier alpha value is -3.53. The van der Waals surface area contributed by atoms with Crippen LogP contribution in [0.1, 0.15) is 52.1 Å². The van der Waals surface area contributed by atoms with E-state index in [1.807, 2.05) is 20.8 Å². The first-order chi connectivity index (χ1) is 16.5. The molecule has 0 radical (unpaired) electrons. The number of nitrogens with zero attached hydrogens (tertiary/aromatic N) is 2. The van der Waals surface area contributed by atoms with Gasteiger partial charge in [0.05, 0.1) is 43.9 Å². The zero-order valence-corrected chi connectivity index (χ0v) is 20.2. The molecular formula is C24H27N3O6S. The molecule has 1 aliphatic rings. The number of nitrogens with one attached hydrogen (secondary N) is 1. The Balaban J connectivity index is 1.53. The molecule has 0 bridgehead atoms. The summed E-state index contributed by atoms with van der Waals surface area (Å²) in [6.45, 7) is 7.90. The Labute approximate surface area is 201 Å². The van der Waals surface area contributed by atoms with Gasteiger partial charge in [-0.15, -0.1) is 0 Å². The Bertz CT molecular complexity index is 1130. The van der Waals surface area contributed by atoms with E-state index in [0.717, 1.165) is 10.6 Å². The minimum absolute atomic E-state index is 0.131. The van der Waals surface area contributed by atoms with Gasteiger partial charge in [-0.2, -0.15) is 0 Å². The molecule has 0 spiro atoms. The van der Waals surface area contributed by atoms with Crippen molar-refractivity contribution in [3.05, 3.63) is 52.4 Å². The third kappa shape index (κ3) is 5.01. The molecule has 2 amide bonds. The van der Waals surface area contributed by atoms with E-state index in [9.17, 15) is 9.59 Å². The minimum atomic E-state index is -0.283. The van der Waals surface area contributed by atoms with Crippen molar-refractivity contribution in [1.29, 1.82) is 0 Å². The van der Waals surface area contributed by atoms with Crippen molar-refractivity contribution in [2.24, 2.45) is 0 Å². The van der Waals surface area contributed by atoms with Gasteiger partial charge in [0.15, 0.2) is 16.6 Å². The molecular weight excluding hydrogens is 458 g/mol. The van der Waals surface area contributed by atoms with E-state index in [1.54, 1.807) is 23.1 Å². The molecule has 180 valence electrons. The van der Waals surface area contributed by atoms with Crippen molar-refractivity contribution >= 4 is 28.3 Å². The van der Waals surface area contributed by atoms with Crippen LogP contribution in [-0.2, 0) is 13.0 Å². The van der Waals surface area contributed by atoms with Crippen LogP contribution < -0.4 is 19.5 Å². The molecule has 10 heteroatoms. The van der Waals surface area contributed by atoms with Gasteiger partial charge in [0.25, 0.3) is 11.8 Å². The van der Waals surface area contributed by atoms with Crippen LogP contribution in [0.3, 0.4) is 0 Å². The van der Waals surface area contributed by atoms with Gasteiger partial charge in [0.2, 0.25) is 5.75 Å². The molecule has 3 heterocycles. The van der Waals surface area contributed by atoms with Gasteiger partial charge in [0, 0.05) is 23.4 Å². The fraction of sp³-hybridized carbons (Fsp3) is 0.375. The highest BCUT2D eigenvalue weighted by Crippen LogP contribution is 2.40. The summed E-state index contributed by atoms with van der Waals surface area (Å²) in [5.41, 5.74) is 1.79. The lowest BCUT2D eigenvalue weighted by Gasteiger charge is -2.27. The third-order valence-electron chi connectivity index (χ3n) is 5.18. The molecule has 0 atom stereocenters. The molecule has 0 fully saturated rings. The SMILES string of the molecule is CCOc1cc(C(=O)N2CCc3nc(NC(=O)c4ccoc4)sc3C2)cc(OCC)c1OCC. The summed E-state index contributed by atoms with van der Waals surface area (Å²) in [5.74, 6) is 1.06. The smallest absolute Gasteiger partial charge is 0.260 e. The van der Waals surface area contributed by atoms with Crippen LogP contribution in [0.25, 0.3) is 0 Å². The normalized spacial score (nSPS) is 12.7. The summed E-state index contributed by atoms with van der Waals surface area (Å²) in [6, 6.07) is 5.00. The van der Waals surface area contributed by atoms with E-state index < -0.39 is 0 Å². The topological polar surface area (TPSA) is 103 Å². The van der Waals surface area contributed by atoms with Crippen molar-refractivity contribution in [1.82, 2.24) is 9.88 Å². The number of carbonyl (C=O) groups excluding carboxylic acids is 2. The number of hydrogen-bond acceptors (Lipinski definition) is 8.